The van der Waals surface area contributed by atoms with Gasteiger partial charge in [0.05, 0.1) is 11.0 Å². The molecule has 2 aromatic carbocycles. The van der Waals surface area contributed by atoms with Crippen molar-refractivity contribution < 1.29 is 5.11 Å². The summed E-state index contributed by atoms with van der Waals surface area (Å²) in [6.45, 7) is 3.80. The molecule has 0 saturated heterocycles. The van der Waals surface area contributed by atoms with Gasteiger partial charge in [0.15, 0.2) is 0 Å². The smallest absolute Gasteiger partial charge is 0.140 e. The molecule has 1 N–H and O–H groups in total. The SMILES string of the molecule is C=Cn1c2ccccc2c2cccc(O)c21. The number of para-hydroxylation sites is 2. The molecule has 1 aromatic heterocycles. The molecule has 0 bridgehead atoms. The van der Waals surface area contributed by atoms with Crippen LogP contribution < -0.4 is 0 Å². The van der Waals surface area contributed by atoms with Crippen LogP contribution in [0.5, 0.6) is 5.75 Å². The monoisotopic (exact) mass is 209 g/mol. The number of aromatic hydroxyl groups is 1. The molecule has 0 radical (unpaired) electrons. The van der Waals surface area contributed by atoms with Gasteiger partial charge in [0.2, 0.25) is 0 Å². The molecule has 16 heavy (non-hydrogen) atoms. The van der Waals surface area contributed by atoms with Crippen LogP contribution in [0.15, 0.2) is 49.0 Å². The summed E-state index contributed by atoms with van der Waals surface area (Å²) in [5.41, 5.74) is 1.88. The lowest BCUT2D eigenvalue weighted by molar-refractivity contribution is 0.480. The molecule has 3 aromatic rings. The predicted octanol–water partition coefficient (Wildman–Crippen LogP) is 3.60. The molecule has 3 rings (SSSR count). The van der Waals surface area contributed by atoms with Gasteiger partial charge in [-0.05, 0) is 12.1 Å². The van der Waals surface area contributed by atoms with Crippen molar-refractivity contribution in [3.63, 3.8) is 0 Å². The molecule has 78 valence electrons. The number of benzene rings is 2. The minimum Gasteiger partial charge on any atom is -0.506 e. The highest BCUT2D eigenvalue weighted by atomic mass is 16.3. The van der Waals surface area contributed by atoms with E-state index in [1.807, 2.05) is 34.9 Å². The van der Waals surface area contributed by atoms with Gasteiger partial charge in [0.25, 0.3) is 0 Å². The summed E-state index contributed by atoms with van der Waals surface area (Å²) < 4.78 is 1.92. The molecule has 0 unspecified atom stereocenters. The molecule has 1 heterocycles. The Morgan fingerprint density at radius 2 is 1.75 bits per heavy atom. The fourth-order valence-corrected chi connectivity index (χ4v) is 2.22. The average Bonchev–Trinajstić information content (AvgIpc) is 2.65. The fourth-order valence-electron chi connectivity index (χ4n) is 2.22. The molecule has 0 spiro atoms. The summed E-state index contributed by atoms with van der Waals surface area (Å²) in [7, 11) is 0. The first-order chi connectivity index (χ1) is 7.83. The fraction of sp³-hybridized carbons (Fsp3) is 0. The molecule has 0 fully saturated rings. The lowest BCUT2D eigenvalue weighted by atomic mass is 10.1. The highest BCUT2D eigenvalue weighted by molar-refractivity contribution is 6.11. The zero-order valence-electron chi connectivity index (χ0n) is 8.72. The maximum absolute atomic E-state index is 9.92. The van der Waals surface area contributed by atoms with Gasteiger partial charge < -0.3 is 9.67 Å². The van der Waals surface area contributed by atoms with Crippen LogP contribution in [0.1, 0.15) is 0 Å². The van der Waals surface area contributed by atoms with Gasteiger partial charge in [-0.25, -0.2) is 0 Å². The highest BCUT2D eigenvalue weighted by Gasteiger charge is 2.10. The first kappa shape index (κ1) is 9.04. The van der Waals surface area contributed by atoms with Crippen molar-refractivity contribution >= 4 is 28.0 Å². The quantitative estimate of drug-likeness (QED) is 0.650. The van der Waals surface area contributed by atoms with E-state index in [1.165, 1.54) is 0 Å². The van der Waals surface area contributed by atoms with Crippen molar-refractivity contribution in [1.29, 1.82) is 0 Å². The number of rotatable bonds is 1. The Morgan fingerprint density at radius 1 is 1.00 bits per heavy atom. The average molecular weight is 209 g/mol. The first-order valence-electron chi connectivity index (χ1n) is 5.16. The Labute approximate surface area is 93.0 Å². The van der Waals surface area contributed by atoms with Crippen molar-refractivity contribution in [3.8, 4) is 5.75 Å². The maximum Gasteiger partial charge on any atom is 0.140 e. The van der Waals surface area contributed by atoms with Gasteiger partial charge in [-0.3, -0.25) is 0 Å². The van der Waals surface area contributed by atoms with Crippen molar-refractivity contribution in [2.75, 3.05) is 0 Å². The molecule has 0 saturated carbocycles. The molecule has 0 atom stereocenters. The number of phenols is 1. The van der Waals surface area contributed by atoms with E-state index < -0.39 is 0 Å². The molecule has 0 aliphatic carbocycles. The summed E-state index contributed by atoms with van der Waals surface area (Å²) in [5.74, 6) is 0.286. The Hall–Kier alpha value is -2.22. The zero-order chi connectivity index (χ0) is 11.1. The Morgan fingerprint density at radius 3 is 2.56 bits per heavy atom. The van der Waals surface area contributed by atoms with Crippen LogP contribution >= 0.6 is 0 Å². The van der Waals surface area contributed by atoms with Crippen molar-refractivity contribution in [3.05, 3.63) is 49.0 Å². The second kappa shape index (κ2) is 3.14. The van der Waals surface area contributed by atoms with Crippen molar-refractivity contribution in [2.24, 2.45) is 0 Å². The molecular weight excluding hydrogens is 198 g/mol. The number of fused-ring (bicyclic) bond motifs is 3. The van der Waals surface area contributed by atoms with Gasteiger partial charge in [-0.1, -0.05) is 36.9 Å². The van der Waals surface area contributed by atoms with E-state index in [-0.39, 0.29) is 5.75 Å². The van der Waals surface area contributed by atoms with Crippen LogP contribution in [0.3, 0.4) is 0 Å². The lowest BCUT2D eigenvalue weighted by Crippen LogP contribution is -1.84. The van der Waals surface area contributed by atoms with Crippen LogP contribution in [0.2, 0.25) is 0 Å². The summed E-state index contributed by atoms with van der Waals surface area (Å²) >= 11 is 0. The van der Waals surface area contributed by atoms with E-state index in [1.54, 1.807) is 12.3 Å². The Balaban J connectivity index is 2.70. The van der Waals surface area contributed by atoms with E-state index in [2.05, 4.69) is 12.6 Å². The van der Waals surface area contributed by atoms with Crippen LogP contribution in [0, 0.1) is 0 Å². The third-order valence-corrected chi connectivity index (χ3v) is 2.89. The third kappa shape index (κ3) is 1.01. The molecular formula is C14H11NO. The van der Waals surface area contributed by atoms with E-state index in [4.69, 9.17) is 0 Å². The summed E-state index contributed by atoms with van der Waals surface area (Å²) in [6, 6.07) is 13.6. The molecule has 0 aliphatic rings. The topological polar surface area (TPSA) is 25.2 Å². The highest BCUT2D eigenvalue weighted by Crippen LogP contribution is 2.33. The summed E-state index contributed by atoms with van der Waals surface area (Å²) in [4.78, 5) is 0. The van der Waals surface area contributed by atoms with Crippen LogP contribution in [-0.4, -0.2) is 9.67 Å². The maximum atomic E-state index is 9.92. The standard InChI is InChI=1S/C14H11NO/c1-2-15-12-8-4-3-6-10(12)11-7-5-9-13(16)14(11)15/h2-9,16H,1H2. The number of hydrogen-bond donors (Lipinski definition) is 1. The van der Waals surface area contributed by atoms with E-state index in [0.29, 0.717) is 0 Å². The van der Waals surface area contributed by atoms with E-state index in [0.717, 1.165) is 21.8 Å². The minimum absolute atomic E-state index is 0.286. The van der Waals surface area contributed by atoms with Crippen LogP contribution in [-0.2, 0) is 0 Å². The van der Waals surface area contributed by atoms with Gasteiger partial charge >= 0.3 is 0 Å². The second-order valence-electron chi connectivity index (χ2n) is 3.74. The lowest BCUT2D eigenvalue weighted by Gasteiger charge is -2.00. The second-order valence-corrected chi connectivity index (χ2v) is 3.74. The summed E-state index contributed by atoms with van der Waals surface area (Å²) in [6.07, 6.45) is 1.73. The third-order valence-electron chi connectivity index (χ3n) is 2.89. The van der Waals surface area contributed by atoms with Gasteiger partial charge in [0.1, 0.15) is 5.75 Å². The molecule has 2 heteroatoms. The van der Waals surface area contributed by atoms with Gasteiger partial charge in [0, 0.05) is 17.0 Å². The van der Waals surface area contributed by atoms with Gasteiger partial charge in [-0.2, -0.15) is 0 Å². The van der Waals surface area contributed by atoms with Crippen LogP contribution in [0.4, 0.5) is 0 Å². The largest absolute Gasteiger partial charge is 0.506 e. The van der Waals surface area contributed by atoms with Crippen LogP contribution in [0.25, 0.3) is 28.0 Å². The number of phenolic OH excluding ortho intramolecular Hbond substituents is 1. The Kier molecular flexibility index (Phi) is 1.77. The first-order valence-corrected chi connectivity index (χ1v) is 5.16. The number of aromatic nitrogens is 1. The minimum atomic E-state index is 0.286. The number of nitrogens with zero attached hydrogens (tertiary/aromatic N) is 1. The van der Waals surface area contributed by atoms with Crippen molar-refractivity contribution in [1.82, 2.24) is 4.57 Å². The predicted molar refractivity (Wildman–Crippen MR) is 67.5 cm³/mol. The van der Waals surface area contributed by atoms with Crippen molar-refractivity contribution in [2.45, 2.75) is 0 Å². The normalized spacial score (nSPS) is 11.0. The molecule has 0 aliphatic heterocycles. The van der Waals surface area contributed by atoms with E-state index >= 15 is 0 Å². The van der Waals surface area contributed by atoms with E-state index in [9.17, 15) is 5.11 Å². The zero-order valence-corrected chi connectivity index (χ0v) is 8.72. The molecule has 0 amide bonds. The van der Waals surface area contributed by atoms with Gasteiger partial charge in [-0.15, -0.1) is 0 Å². The number of hydrogen-bond acceptors (Lipinski definition) is 1. The Bertz CT molecular complexity index is 694. The summed E-state index contributed by atoms with van der Waals surface area (Å²) in [5, 5.41) is 12.1. The molecule has 2 nitrogen and oxygen atoms in total.